The summed E-state index contributed by atoms with van der Waals surface area (Å²) in [6, 6.07) is -7.25. The van der Waals surface area contributed by atoms with Crippen LogP contribution in [0.15, 0.2) is 0 Å². The number of hydrazine groups is 2. The predicted molar refractivity (Wildman–Crippen MR) is 204 cm³/mol. The molecule has 4 fully saturated rings. The van der Waals surface area contributed by atoms with Crippen molar-refractivity contribution in [3.05, 3.63) is 0 Å². The van der Waals surface area contributed by atoms with Crippen LogP contribution in [0, 0.1) is 17.8 Å². The fraction of sp³-hybridized carbons (Fsp3) is 0.816. The molecule has 58 heavy (non-hydrogen) atoms. The smallest absolute Gasteiger partial charge is 0.331 e. The minimum absolute atomic E-state index is 0.0477. The van der Waals surface area contributed by atoms with Crippen LogP contribution in [0.5, 0.6) is 0 Å². The summed E-state index contributed by atoms with van der Waals surface area (Å²) in [7, 11) is 0. The Morgan fingerprint density at radius 3 is 2.17 bits per heavy atom. The average molecular weight is 825 g/mol. The molecule has 20 heteroatoms. The van der Waals surface area contributed by atoms with Crippen molar-refractivity contribution in [3.8, 4) is 0 Å². The van der Waals surface area contributed by atoms with Crippen molar-refractivity contribution in [2.45, 2.75) is 161 Å². The van der Waals surface area contributed by atoms with Crippen LogP contribution >= 0.6 is 0 Å². The van der Waals surface area contributed by atoms with Gasteiger partial charge < -0.3 is 35.6 Å². The van der Waals surface area contributed by atoms with E-state index in [-0.39, 0.29) is 36.8 Å². The summed E-state index contributed by atoms with van der Waals surface area (Å²) in [4.78, 5) is 96.5. The molecule has 8 N–H and O–H groups in total. The Bertz CT molecular complexity index is 1550. The van der Waals surface area contributed by atoms with Gasteiger partial charge in [0, 0.05) is 19.5 Å². The van der Waals surface area contributed by atoms with Crippen LogP contribution in [-0.4, -0.2) is 145 Å². The van der Waals surface area contributed by atoms with E-state index >= 15 is 0 Å². The van der Waals surface area contributed by atoms with Gasteiger partial charge in [-0.1, -0.05) is 34.1 Å². The number of hydroxylamine groups is 2. The quantitative estimate of drug-likeness (QED) is 0.113. The monoisotopic (exact) mass is 824 g/mol. The number of nitrogens with one attached hydrogen (secondary N) is 5. The molecule has 0 spiro atoms. The van der Waals surface area contributed by atoms with Gasteiger partial charge in [0.2, 0.25) is 17.6 Å². The van der Waals surface area contributed by atoms with E-state index in [1.165, 1.54) is 13.8 Å². The lowest BCUT2D eigenvalue weighted by atomic mass is 9.79. The zero-order valence-electron chi connectivity index (χ0n) is 34.9. The lowest BCUT2D eigenvalue weighted by molar-refractivity contribution is -0.326. The van der Waals surface area contributed by atoms with Crippen molar-refractivity contribution in [2.24, 2.45) is 17.8 Å². The summed E-state index contributed by atoms with van der Waals surface area (Å²) >= 11 is 0. The van der Waals surface area contributed by atoms with Crippen molar-refractivity contribution in [3.63, 3.8) is 0 Å². The number of ether oxygens (including phenoxy) is 2. The number of cyclic esters (lactones) is 1. The van der Waals surface area contributed by atoms with Crippen LogP contribution in [0.25, 0.3) is 0 Å². The largest absolute Gasteiger partial charge is 0.458 e. The molecule has 6 amide bonds. The van der Waals surface area contributed by atoms with Crippen LogP contribution in [0.1, 0.15) is 107 Å². The Kier molecular flexibility index (Phi) is 15.6. The van der Waals surface area contributed by atoms with Crippen molar-refractivity contribution in [2.75, 3.05) is 19.6 Å². The molecule has 4 aliphatic heterocycles. The summed E-state index contributed by atoms with van der Waals surface area (Å²) < 4.78 is 11.8. The number of amides is 6. The first kappa shape index (κ1) is 46.7. The zero-order chi connectivity index (χ0) is 43.3. The van der Waals surface area contributed by atoms with E-state index in [1.807, 2.05) is 0 Å². The Labute approximate surface area is 339 Å². The normalized spacial score (nSPS) is 34.3. The van der Waals surface area contributed by atoms with Gasteiger partial charge in [-0.15, -0.1) is 0 Å². The Morgan fingerprint density at radius 1 is 0.948 bits per heavy atom. The number of carbonyl (C=O) groups is 7. The summed E-state index contributed by atoms with van der Waals surface area (Å²) in [6.07, 6.45) is 1.04. The lowest BCUT2D eigenvalue weighted by Gasteiger charge is -2.47. The van der Waals surface area contributed by atoms with E-state index in [1.54, 1.807) is 20.8 Å². The maximum absolute atomic E-state index is 14.7. The summed E-state index contributed by atoms with van der Waals surface area (Å²) in [6.45, 7) is 12.6. The molecule has 328 valence electrons. The van der Waals surface area contributed by atoms with Gasteiger partial charge in [0.15, 0.2) is 11.6 Å². The minimum Gasteiger partial charge on any atom is -0.458 e. The number of carbonyl (C=O) groups excluding carboxylic acids is 7. The maximum Gasteiger partial charge on any atom is 0.331 e. The molecule has 0 aliphatic carbocycles. The molecule has 4 saturated heterocycles. The van der Waals surface area contributed by atoms with Gasteiger partial charge in [-0.3, -0.25) is 44.0 Å². The zero-order valence-corrected chi connectivity index (χ0v) is 34.9. The molecule has 0 unspecified atom stereocenters. The molecule has 0 radical (unpaired) electrons. The highest BCUT2D eigenvalue weighted by atomic mass is 16.6. The van der Waals surface area contributed by atoms with Crippen molar-refractivity contribution >= 4 is 41.4 Å². The van der Waals surface area contributed by atoms with E-state index in [0.29, 0.717) is 31.7 Å². The highest BCUT2D eigenvalue weighted by Crippen LogP contribution is 2.40. The van der Waals surface area contributed by atoms with Crippen LogP contribution in [0.2, 0.25) is 0 Å². The molecule has 0 bridgehead atoms. The summed E-state index contributed by atoms with van der Waals surface area (Å²) in [5.41, 5.74) is 3.01. The van der Waals surface area contributed by atoms with E-state index in [4.69, 9.17) is 9.47 Å². The van der Waals surface area contributed by atoms with Crippen molar-refractivity contribution in [1.82, 2.24) is 41.9 Å². The first-order valence-corrected chi connectivity index (χ1v) is 20.5. The predicted octanol–water partition coefficient (Wildman–Crippen LogP) is -1.04. The summed E-state index contributed by atoms with van der Waals surface area (Å²) in [5.74, 6) is -9.37. The van der Waals surface area contributed by atoms with Gasteiger partial charge in [0.25, 0.3) is 23.6 Å². The van der Waals surface area contributed by atoms with Crippen LogP contribution < -0.4 is 26.8 Å². The Morgan fingerprint density at radius 2 is 1.57 bits per heavy atom. The molecule has 4 aliphatic rings. The maximum atomic E-state index is 14.7. The third-order valence-electron chi connectivity index (χ3n) is 12.0. The number of fused-ring (bicyclic) bond motifs is 2. The van der Waals surface area contributed by atoms with Gasteiger partial charge in [-0.05, 0) is 84.0 Å². The Hall–Kier alpha value is -3.95. The molecule has 11 atom stereocenters. The molecule has 4 rings (SSSR count). The molecule has 20 nitrogen and oxygen atoms in total. The van der Waals surface area contributed by atoms with Crippen molar-refractivity contribution < 1.29 is 58.5 Å². The third-order valence-corrected chi connectivity index (χ3v) is 12.0. The second-order valence-electron chi connectivity index (χ2n) is 16.7. The number of hydrogen-bond acceptors (Lipinski definition) is 14. The van der Waals surface area contributed by atoms with Gasteiger partial charge in [0.1, 0.15) is 30.3 Å². The number of hydrogen-bond donors (Lipinski definition) is 8. The van der Waals surface area contributed by atoms with Crippen LogP contribution in [0.4, 0.5) is 0 Å². The molecule has 0 saturated carbocycles. The first-order valence-electron chi connectivity index (χ1n) is 20.5. The number of esters is 1. The van der Waals surface area contributed by atoms with Crippen LogP contribution in [0.3, 0.4) is 0 Å². The molecule has 0 aromatic heterocycles. The van der Waals surface area contributed by atoms with Crippen LogP contribution in [-0.2, 0) is 43.0 Å². The van der Waals surface area contributed by atoms with E-state index in [0.717, 1.165) is 29.8 Å². The van der Waals surface area contributed by atoms with E-state index in [2.05, 4.69) is 40.6 Å². The number of nitrogens with zero attached hydrogens (tertiary/aromatic N) is 3. The molecular formula is C38H64N8O12. The Balaban J connectivity index is 1.73. The molecular weight excluding hydrogens is 760 g/mol. The number of rotatable bonds is 7. The average Bonchev–Trinajstić information content (AvgIpc) is 3.19. The lowest BCUT2D eigenvalue weighted by Crippen LogP contribution is -2.70. The third kappa shape index (κ3) is 10.2. The van der Waals surface area contributed by atoms with Crippen molar-refractivity contribution in [1.29, 1.82) is 0 Å². The summed E-state index contributed by atoms with van der Waals surface area (Å²) in [5, 5.41) is 44.2. The second-order valence-corrected chi connectivity index (χ2v) is 16.7. The highest BCUT2D eigenvalue weighted by molar-refractivity contribution is 5.97. The van der Waals surface area contributed by atoms with Gasteiger partial charge in [-0.25, -0.2) is 20.7 Å². The second kappa shape index (κ2) is 19.4. The molecule has 0 aromatic rings. The fourth-order valence-corrected chi connectivity index (χ4v) is 7.81. The number of aliphatic hydroxyl groups is 2. The molecule has 4 heterocycles. The van der Waals surface area contributed by atoms with Gasteiger partial charge >= 0.3 is 5.97 Å². The topological polar surface area (TPSA) is 269 Å². The van der Waals surface area contributed by atoms with Gasteiger partial charge in [0.05, 0.1) is 12.6 Å². The molecule has 0 aromatic carbocycles. The van der Waals surface area contributed by atoms with Gasteiger partial charge in [-0.2, -0.15) is 0 Å². The SMILES string of the molecule is CC[C@H](C)C[C@H]1CC[C@](O)([C@](C)(O)C(=O)N[C@@H]2C(=O)N3NCCC[C@@H]3C(=O)N[C@@H](C)C(=O)NCC(=O)N3NCCC[C@H]3C(=O)N(O)[C@H](C)C(=O)O[C@H]2C(C)C)O[C@@H]1C. The standard InChI is InChI=1S/C38H64N8O12/c1-9-21(4)18-25-14-15-38(55,58-24(25)7)37(8,54)36(53)43-29-30(20(2)3)57-35(52)23(6)46(56)33(50)27-13-11-16-40-44(27)28(47)19-39-31(48)22(5)42-32(49)26-12-10-17-41-45(26)34(29)51/h20-27,29-30,40-41,54-56H,9-19H2,1-8H3,(H,39,48)(H,42,49)(H,43,53)/t21-,22-,23+,24+,25+,26+,27-,29-,30-,37+,38+/m0/s1. The van der Waals surface area contributed by atoms with E-state index < -0.39 is 108 Å². The first-order chi connectivity index (χ1) is 27.1. The fourth-order valence-electron chi connectivity index (χ4n) is 7.81. The minimum atomic E-state index is -2.66. The van der Waals surface area contributed by atoms with E-state index in [9.17, 15) is 49.0 Å². The highest BCUT2D eigenvalue weighted by Gasteiger charge is 2.57.